The quantitative estimate of drug-likeness (QED) is 0.199. The number of carbonyl (C=O) groups is 1. The molecule has 0 saturated heterocycles. The maximum absolute atomic E-state index is 12.7. The Morgan fingerprint density at radius 2 is 2.12 bits per heavy atom. The molecule has 0 radical (unpaired) electrons. The van der Waals surface area contributed by atoms with Crippen molar-refractivity contribution >= 4 is 17.5 Å². The summed E-state index contributed by atoms with van der Waals surface area (Å²) < 4.78 is 1.93. The minimum absolute atomic E-state index is 0.0700. The second kappa shape index (κ2) is 7.41. The highest BCUT2D eigenvalue weighted by Crippen LogP contribution is 2.21. The van der Waals surface area contributed by atoms with Crippen LogP contribution in [-0.4, -0.2) is 15.3 Å². The van der Waals surface area contributed by atoms with Crippen molar-refractivity contribution in [2.75, 3.05) is 0 Å². The summed E-state index contributed by atoms with van der Waals surface area (Å²) >= 11 is 0. The molecule has 1 aromatic carbocycles. The molecule has 0 aliphatic rings. The number of hydrogen-bond acceptors (Lipinski definition) is 4. The lowest BCUT2D eigenvalue weighted by Crippen LogP contribution is -2.05. The molecule has 0 unspecified atom stereocenters. The summed E-state index contributed by atoms with van der Waals surface area (Å²) in [6, 6.07) is 9.44. The molecule has 6 heteroatoms. The van der Waals surface area contributed by atoms with Gasteiger partial charge in [-0.2, -0.15) is 5.26 Å². The van der Waals surface area contributed by atoms with Gasteiger partial charge in [-0.25, -0.2) is 0 Å². The van der Waals surface area contributed by atoms with Gasteiger partial charge in [-0.15, -0.1) is 6.58 Å². The summed E-state index contributed by atoms with van der Waals surface area (Å²) in [7, 11) is 0. The number of nitrogens with zero attached hydrogens (tertiary/aromatic N) is 3. The van der Waals surface area contributed by atoms with E-state index in [2.05, 4.69) is 6.58 Å². The van der Waals surface area contributed by atoms with Crippen LogP contribution in [0.5, 0.6) is 0 Å². The summed E-state index contributed by atoms with van der Waals surface area (Å²) in [4.78, 5) is 23.1. The summed E-state index contributed by atoms with van der Waals surface area (Å²) in [5.74, 6) is -0.405. The molecule has 0 saturated carbocycles. The first-order valence-corrected chi connectivity index (χ1v) is 7.57. The summed E-state index contributed by atoms with van der Waals surface area (Å²) in [5, 5.41) is 20.2. The molecule has 0 amide bonds. The maximum Gasteiger partial charge on any atom is 0.270 e. The summed E-state index contributed by atoms with van der Waals surface area (Å²) in [6.45, 7) is 7.96. The van der Waals surface area contributed by atoms with Crippen LogP contribution in [0.15, 0.2) is 48.6 Å². The molecular weight excluding hydrogens is 318 g/mol. The zero-order chi connectivity index (χ0) is 18.6. The number of aryl methyl sites for hydroxylation is 1. The van der Waals surface area contributed by atoms with Crippen molar-refractivity contribution in [1.82, 2.24) is 4.57 Å². The zero-order valence-electron chi connectivity index (χ0n) is 14.0. The number of allylic oxidation sites excluding steroid dienone is 2. The van der Waals surface area contributed by atoms with Crippen LogP contribution < -0.4 is 0 Å². The second-order valence-corrected chi connectivity index (χ2v) is 5.54. The lowest BCUT2D eigenvalue weighted by atomic mass is 10.0. The number of carbonyl (C=O) groups excluding carboxylic acids is 1. The van der Waals surface area contributed by atoms with Gasteiger partial charge in [0.05, 0.1) is 4.92 Å². The van der Waals surface area contributed by atoms with Gasteiger partial charge in [0.1, 0.15) is 11.6 Å². The molecule has 2 aromatic rings. The topological polar surface area (TPSA) is 88.9 Å². The third-order valence-electron chi connectivity index (χ3n) is 3.89. The van der Waals surface area contributed by atoms with Gasteiger partial charge in [-0.1, -0.05) is 18.2 Å². The molecule has 25 heavy (non-hydrogen) atoms. The lowest BCUT2D eigenvalue weighted by Gasteiger charge is -2.06. The fourth-order valence-corrected chi connectivity index (χ4v) is 2.63. The number of ketones is 1. The number of Topliss-reactive ketones (excluding diaryl/α,β-unsaturated/α-hetero) is 1. The minimum atomic E-state index is -0.520. The molecule has 126 valence electrons. The Morgan fingerprint density at radius 3 is 2.72 bits per heavy atom. The Hall–Kier alpha value is -3.46. The van der Waals surface area contributed by atoms with Crippen molar-refractivity contribution < 1.29 is 9.72 Å². The number of rotatable bonds is 6. The van der Waals surface area contributed by atoms with Gasteiger partial charge in [0.2, 0.25) is 5.78 Å². The van der Waals surface area contributed by atoms with Crippen molar-refractivity contribution in [2.24, 2.45) is 0 Å². The van der Waals surface area contributed by atoms with Crippen LogP contribution in [0.4, 0.5) is 5.69 Å². The number of nitro groups is 1. The predicted octanol–water partition coefficient (Wildman–Crippen LogP) is 3.99. The van der Waals surface area contributed by atoms with Crippen LogP contribution in [0.3, 0.4) is 0 Å². The number of nitriles is 1. The van der Waals surface area contributed by atoms with Crippen molar-refractivity contribution in [3.05, 3.63) is 81.2 Å². The van der Waals surface area contributed by atoms with E-state index < -0.39 is 10.7 Å². The Bertz CT molecular complexity index is 930. The fraction of sp³-hybridized carbons (Fsp3) is 0.158. The third-order valence-corrected chi connectivity index (χ3v) is 3.89. The first-order valence-electron chi connectivity index (χ1n) is 7.57. The van der Waals surface area contributed by atoms with Crippen LogP contribution in [0, 0.1) is 35.3 Å². The predicted molar refractivity (Wildman–Crippen MR) is 95.1 cm³/mol. The summed E-state index contributed by atoms with van der Waals surface area (Å²) in [5.41, 5.74) is 2.36. The van der Waals surface area contributed by atoms with Crippen LogP contribution >= 0.6 is 0 Å². The highest BCUT2D eigenvalue weighted by atomic mass is 16.6. The average molecular weight is 335 g/mol. The summed E-state index contributed by atoms with van der Waals surface area (Å²) in [6.07, 6.45) is 3.10. The molecule has 1 aromatic heterocycles. The van der Waals surface area contributed by atoms with E-state index in [-0.39, 0.29) is 11.3 Å². The Labute approximate surface area is 145 Å². The molecule has 0 N–H and O–H groups in total. The molecule has 6 nitrogen and oxygen atoms in total. The normalized spacial score (nSPS) is 11.0. The van der Waals surface area contributed by atoms with Gasteiger partial charge < -0.3 is 4.57 Å². The molecule has 0 spiro atoms. The van der Waals surface area contributed by atoms with Crippen LogP contribution in [0.1, 0.15) is 27.3 Å². The third kappa shape index (κ3) is 3.72. The second-order valence-electron chi connectivity index (χ2n) is 5.54. The van der Waals surface area contributed by atoms with Crippen molar-refractivity contribution in [3.8, 4) is 6.07 Å². The largest absolute Gasteiger partial charge is 0.345 e. The molecule has 0 fully saturated rings. The van der Waals surface area contributed by atoms with E-state index in [9.17, 15) is 20.2 Å². The van der Waals surface area contributed by atoms with E-state index in [1.54, 1.807) is 18.2 Å². The van der Waals surface area contributed by atoms with E-state index in [1.807, 2.05) is 24.5 Å². The molecule has 0 atom stereocenters. The molecular formula is C19H17N3O3. The first-order chi connectivity index (χ1) is 11.9. The lowest BCUT2D eigenvalue weighted by molar-refractivity contribution is -0.384. The Kier molecular flexibility index (Phi) is 5.30. The number of aromatic nitrogens is 1. The van der Waals surface area contributed by atoms with Gasteiger partial charge in [-0.3, -0.25) is 14.9 Å². The van der Waals surface area contributed by atoms with E-state index in [0.29, 0.717) is 17.7 Å². The van der Waals surface area contributed by atoms with Gasteiger partial charge in [0.25, 0.3) is 5.69 Å². The highest BCUT2D eigenvalue weighted by Gasteiger charge is 2.19. The first kappa shape index (κ1) is 17.9. The number of non-ortho nitro benzene ring substituents is 1. The molecule has 1 heterocycles. The van der Waals surface area contributed by atoms with Gasteiger partial charge in [0, 0.05) is 35.6 Å². The van der Waals surface area contributed by atoms with Gasteiger partial charge in [0.15, 0.2) is 0 Å². The molecule has 0 bridgehead atoms. The SMILES string of the molecule is C=CCn1c(C)cc(C(=O)/C(C#N)=C/c2cccc([N+](=O)[O-])c2)c1C. The van der Waals surface area contributed by atoms with Crippen molar-refractivity contribution in [2.45, 2.75) is 20.4 Å². The van der Waals surface area contributed by atoms with Crippen molar-refractivity contribution in [3.63, 3.8) is 0 Å². The Morgan fingerprint density at radius 1 is 1.40 bits per heavy atom. The van der Waals surface area contributed by atoms with Gasteiger partial charge >= 0.3 is 0 Å². The number of nitro benzene ring substituents is 1. The van der Waals surface area contributed by atoms with E-state index in [0.717, 1.165) is 11.4 Å². The smallest absolute Gasteiger partial charge is 0.270 e. The maximum atomic E-state index is 12.7. The fourth-order valence-electron chi connectivity index (χ4n) is 2.63. The zero-order valence-corrected chi connectivity index (χ0v) is 14.0. The standard InChI is InChI=1S/C19H17N3O3/c1-4-8-21-13(2)9-18(14(21)3)19(23)16(12-20)10-15-6-5-7-17(11-15)22(24)25/h4-7,9-11H,1,8H2,2-3H3/b16-10+. The molecule has 0 aliphatic carbocycles. The Balaban J connectivity index is 2.45. The minimum Gasteiger partial charge on any atom is -0.345 e. The van der Waals surface area contributed by atoms with E-state index in [4.69, 9.17) is 0 Å². The van der Waals surface area contributed by atoms with Crippen molar-refractivity contribution in [1.29, 1.82) is 5.26 Å². The molecule has 2 rings (SSSR count). The number of benzene rings is 1. The van der Waals surface area contributed by atoms with Gasteiger partial charge in [-0.05, 0) is 31.6 Å². The monoisotopic (exact) mass is 335 g/mol. The van der Waals surface area contributed by atoms with E-state index >= 15 is 0 Å². The van der Waals surface area contributed by atoms with Crippen LogP contribution in [0.25, 0.3) is 6.08 Å². The van der Waals surface area contributed by atoms with E-state index in [1.165, 1.54) is 24.3 Å². The highest BCUT2D eigenvalue weighted by molar-refractivity contribution is 6.14. The van der Waals surface area contributed by atoms with Crippen LogP contribution in [0.2, 0.25) is 0 Å². The molecule has 0 aliphatic heterocycles. The van der Waals surface area contributed by atoms with Crippen LogP contribution in [-0.2, 0) is 6.54 Å². The number of hydrogen-bond donors (Lipinski definition) is 0. The average Bonchev–Trinajstić information content (AvgIpc) is 2.88.